The van der Waals surface area contributed by atoms with E-state index in [0.29, 0.717) is 13.1 Å². The van der Waals surface area contributed by atoms with Gasteiger partial charge in [-0.1, -0.05) is 11.2 Å². The van der Waals surface area contributed by atoms with Gasteiger partial charge in [0.25, 0.3) is 0 Å². The molecule has 0 N–H and O–H groups in total. The zero-order valence-electron chi connectivity index (χ0n) is 16.0. The number of fused-ring (bicyclic) bond motifs is 1. The number of hydrogen-bond acceptors (Lipinski definition) is 7. The lowest BCUT2D eigenvalue weighted by Gasteiger charge is -2.32. The van der Waals surface area contributed by atoms with Crippen molar-refractivity contribution >= 4 is 34.3 Å². The average Bonchev–Trinajstić information content (AvgIpc) is 3.04. The number of carbonyl (C=O) groups is 1. The van der Waals surface area contributed by atoms with E-state index in [1.165, 1.54) is 7.11 Å². The maximum absolute atomic E-state index is 11.8. The number of benzene rings is 1. The molecule has 0 spiro atoms. The van der Waals surface area contributed by atoms with Crippen molar-refractivity contribution in [2.24, 2.45) is 5.92 Å². The van der Waals surface area contributed by atoms with E-state index in [1.807, 2.05) is 26.0 Å². The van der Waals surface area contributed by atoms with E-state index in [0.717, 1.165) is 52.1 Å². The number of carbonyl (C=O) groups excluding carboxylic acids is 1. The Labute approximate surface area is 167 Å². The molecular weight excluding hydrogens is 380 g/mol. The van der Waals surface area contributed by atoms with Gasteiger partial charge in [-0.15, -0.1) is 0 Å². The quantitative estimate of drug-likeness (QED) is 0.486. The topological polar surface area (TPSA) is 81.4 Å². The largest absolute Gasteiger partial charge is 0.469 e. The van der Waals surface area contributed by atoms with Crippen LogP contribution in [0.4, 0.5) is 5.82 Å². The van der Waals surface area contributed by atoms with Crippen molar-refractivity contribution in [1.29, 1.82) is 0 Å². The Morgan fingerprint density at radius 2 is 2.00 bits per heavy atom. The van der Waals surface area contributed by atoms with Crippen LogP contribution in [0, 0.1) is 19.8 Å². The molecule has 0 amide bonds. The van der Waals surface area contributed by atoms with Gasteiger partial charge in [0.2, 0.25) is 5.28 Å². The summed E-state index contributed by atoms with van der Waals surface area (Å²) >= 11 is 6.19. The minimum absolute atomic E-state index is 0.0670. The van der Waals surface area contributed by atoms with E-state index in [1.54, 1.807) is 0 Å². The minimum atomic E-state index is -0.147. The summed E-state index contributed by atoms with van der Waals surface area (Å²) in [6.45, 7) is 5.23. The van der Waals surface area contributed by atoms with E-state index in [-0.39, 0.29) is 17.2 Å². The highest BCUT2D eigenvalue weighted by Gasteiger charge is 2.27. The number of hydrogen-bond donors (Lipinski definition) is 0. The predicted octanol–water partition coefficient (Wildman–Crippen LogP) is 3.94. The predicted molar refractivity (Wildman–Crippen MR) is 106 cm³/mol. The first-order valence-electron chi connectivity index (χ1n) is 9.21. The van der Waals surface area contributed by atoms with Crippen LogP contribution in [0.3, 0.4) is 0 Å². The molecule has 0 saturated carbocycles. The number of methoxy groups -OCH3 is 1. The third kappa shape index (κ3) is 3.30. The zero-order valence-corrected chi connectivity index (χ0v) is 16.8. The molecule has 1 aliphatic rings. The van der Waals surface area contributed by atoms with Gasteiger partial charge in [0.1, 0.15) is 11.6 Å². The molecule has 1 saturated heterocycles. The maximum Gasteiger partial charge on any atom is 0.308 e. The Morgan fingerprint density at radius 3 is 2.64 bits per heavy atom. The molecular formula is C20H21ClN4O3. The Morgan fingerprint density at radius 1 is 1.25 bits per heavy atom. The Balaban J connectivity index is 1.74. The highest BCUT2D eigenvalue weighted by Crippen LogP contribution is 2.34. The first-order valence-corrected chi connectivity index (χ1v) is 9.59. The molecule has 0 aliphatic carbocycles. The first kappa shape index (κ1) is 18.7. The van der Waals surface area contributed by atoms with E-state index in [2.05, 4.69) is 26.1 Å². The molecule has 0 unspecified atom stereocenters. The molecule has 2 aromatic heterocycles. The highest BCUT2D eigenvalue weighted by atomic mass is 35.5. The SMILES string of the molecule is COC(=O)C1CCN(c2nc(Cl)nc3ccc(-c4c(C)noc4C)cc23)CC1. The third-order valence-electron chi connectivity index (χ3n) is 5.30. The average molecular weight is 401 g/mol. The summed E-state index contributed by atoms with van der Waals surface area (Å²) in [7, 11) is 1.43. The van der Waals surface area contributed by atoms with Crippen molar-refractivity contribution in [1.82, 2.24) is 15.1 Å². The van der Waals surface area contributed by atoms with Gasteiger partial charge in [0, 0.05) is 24.0 Å². The van der Waals surface area contributed by atoms with E-state index in [9.17, 15) is 4.79 Å². The number of aryl methyl sites for hydroxylation is 2. The van der Waals surface area contributed by atoms with Crippen molar-refractivity contribution in [2.75, 3.05) is 25.1 Å². The Kier molecular flexibility index (Phi) is 4.93. The minimum Gasteiger partial charge on any atom is -0.469 e. The fraction of sp³-hybridized carbons (Fsp3) is 0.400. The highest BCUT2D eigenvalue weighted by molar-refractivity contribution is 6.28. The molecule has 0 radical (unpaired) electrons. The van der Waals surface area contributed by atoms with Gasteiger partial charge in [-0.2, -0.15) is 4.98 Å². The molecule has 1 fully saturated rings. The van der Waals surface area contributed by atoms with Gasteiger partial charge >= 0.3 is 5.97 Å². The molecule has 28 heavy (non-hydrogen) atoms. The lowest BCUT2D eigenvalue weighted by Crippen LogP contribution is -2.37. The molecule has 0 atom stereocenters. The molecule has 146 valence electrons. The smallest absolute Gasteiger partial charge is 0.308 e. The Hall–Kier alpha value is -2.67. The third-order valence-corrected chi connectivity index (χ3v) is 5.47. The molecule has 3 heterocycles. The van der Waals surface area contributed by atoms with Gasteiger partial charge in [-0.3, -0.25) is 4.79 Å². The number of nitrogens with zero attached hydrogens (tertiary/aromatic N) is 4. The number of halogens is 1. The number of anilines is 1. The van der Waals surface area contributed by atoms with Crippen LogP contribution in [0.15, 0.2) is 22.7 Å². The van der Waals surface area contributed by atoms with Crippen LogP contribution in [0.25, 0.3) is 22.0 Å². The van der Waals surface area contributed by atoms with Gasteiger partial charge in [0.05, 0.1) is 24.2 Å². The van der Waals surface area contributed by atoms with Crippen molar-refractivity contribution in [3.05, 3.63) is 34.9 Å². The van der Waals surface area contributed by atoms with Gasteiger partial charge in [0.15, 0.2) is 0 Å². The van der Waals surface area contributed by atoms with Gasteiger partial charge < -0.3 is 14.2 Å². The van der Waals surface area contributed by atoms with Crippen molar-refractivity contribution in [3.63, 3.8) is 0 Å². The van der Waals surface area contributed by atoms with Crippen LogP contribution in [0.5, 0.6) is 0 Å². The van der Waals surface area contributed by atoms with Crippen LogP contribution in [-0.2, 0) is 9.53 Å². The van der Waals surface area contributed by atoms with Crippen molar-refractivity contribution in [3.8, 4) is 11.1 Å². The zero-order chi connectivity index (χ0) is 19.8. The molecule has 4 rings (SSSR count). The van der Waals surface area contributed by atoms with Crippen LogP contribution in [0.2, 0.25) is 5.28 Å². The standard InChI is InChI=1S/C20H21ClN4O3/c1-11-17(12(2)28-24-11)14-4-5-16-15(10-14)18(23-20(21)22-16)25-8-6-13(7-9-25)19(26)27-3/h4-5,10,13H,6-9H2,1-3H3. The second-order valence-corrected chi connectivity index (χ2v) is 7.37. The molecule has 7 nitrogen and oxygen atoms in total. The molecule has 8 heteroatoms. The van der Waals surface area contributed by atoms with Crippen LogP contribution in [0.1, 0.15) is 24.3 Å². The van der Waals surface area contributed by atoms with Crippen LogP contribution < -0.4 is 4.90 Å². The summed E-state index contributed by atoms with van der Waals surface area (Å²) in [6.07, 6.45) is 1.44. The summed E-state index contributed by atoms with van der Waals surface area (Å²) in [6, 6.07) is 5.99. The van der Waals surface area contributed by atoms with E-state index < -0.39 is 0 Å². The number of ether oxygens (including phenoxy) is 1. The van der Waals surface area contributed by atoms with Crippen molar-refractivity contribution < 1.29 is 14.1 Å². The van der Waals surface area contributed by atoms with Crippen LogP contribution >= 0.6 is 11.6 Å². The molecule has 1 aromatic carbocycles. The second-order valence-electron chi connectivity index (χ2n) is 7.03. The molecule has 0 bridgehead atoms. The number of rotatable bonds is 3. The fourth-order valence-corrected chi connectivity index (χ4v) is 4.04. The van der Waals surface area contributed by atoms with Crippen molar-refractivity contribution in [2.45, 2.75) is 26.7 Å². The maximum atomic E-state index is 11.8. The summed E-state index contributed by atoms with van der Waals surface area (Å²) in [5, 5.41) is 5.18. The summed E-state index contributed by atoms with van der Waals surface area (Å²) in [5.41, 5.74) is 3.60. The second kappa shape index (κ2) is 7.39. The lowest BCUT2D eigenvalue weighted by atomic mass is 9.96. The number of esters is 1. The summed E-state index contributed by atoms with van der Waals surface area (Å²) in [4.78, 5) is 22.8. The molecule has 1 aliphatic heterocycles. The normalized spacial score (nSPS) is 15.2. The monoisotopic (exact) mass is 400 g/mol. The first-order chi connectivity index (χ1) is 13.5. The number of aromatic nitrogens is 3. The Bertz CT molecular complexity index is 1020. The van der Waals surface area contributed by atoms with Crippen LogP contribution in [-0.4, -0.2) is 41.3 Å². The number of piperidine rings is 1. The van der Waals surface area contributed by atoms with E-state index in [4.69, 9.17) is 20.9 Å². The van der Waals surface area contributed by atoms with Gasteiger partial charge in [-0.05, 0) is 56.0 Å². The summed E-state index contributed by atoms with van der Waals surface area (Å²) in [5.74, 6) is 1.34. The van der Waals surface area contributed by atoms with Gasteiger partial charge in [-0.25, -0.2) is 4.98 Å². The molecule has 3 aromatic rings. The summed E-state index contributed by atoms with van der Waals surface area (Å²) < 4.78 is 10.2. The lowest BCUT2D eigenvalue weighted by molar-refractivity contribution is -0.146. The van der Waals surface area contributed by atoms with E-state index >= 15 is 0 Å². The fourth-order valence-electron chi connectivity index (χ4n) is 3.87.